The number of nitrogens with one attached hydrogen (secondary N) is 1. The van der Waals surface area contributed by atoms with E-state index in [1.807, 2.05) is 31.2 Å². The van der Waals surface area contributed by atoms with Crippen molar-refractivity contribution in [1.29, 1.82) is 0 Å². The number of halogens is 1. The van der Waals surface area contributed by atoms with E-state index in [1.54, 1.807) is 13.1 Å². The zero-order chi connectivity index (χ0) is 28.1. The molecule has 0 atom stereocenters. The fourth-order valence-electron chi connectivity index (χ4n) is 4.48. The molecule has 0 bridgehead atoms. The second-order valence-electron chi connectivity index (χ2n) is 9.92. The Kier molecular flexibility index (Phi) is 10.6. The standard InChI is InChI=1S/C27H39IN3O5PS/c1-7-19-12-14-20(15-13-19)24-23(26(32)29-3)21-18-22(28)25(30-27(21)36-24)31(38(6,33)34)16-10-9-11-17-37(4,5)35-8-2/h12-15,18,37H,7-11,16-17H2,1-6H3,(H,29,32). The van der Waals surface area contributed by atoms with Crippen molar-refractivity contribution < 1.29 is 22.2 Å². The topological polar surface area (TPSA) is 102 Å². The van der Waals surface area contributed by atoms with E-state index in [0.29, 0.717) is 39.1 Å². The number of sulfonamides is 1. The van der Waals surface area contributed by atoms with Crippen LogP contribution in [0.15, 0.2) is 34.7 Å². The molecule has 0 radical (unpaired) electrons. The molecule has 38 heavy (non-hydrogen) atoms. The van der Waals surface area contributed by atoms with Gasteiger partial charge >= 0.3 is 181 Å². The molecule has 3 aromatic rings. The number of benzene rings is 1. The van der Waals surface area contributed by atoms with Crippen LogP contribution in [0.4, 0.5) is 5.82 Å². The number of aromatic nitrogens is 1. The van der Waals surface area contributed by atoms with Gasteiger partial charge in [0.1, 0.15) is 0 Å². The van der Waals surface area contributed by atoms with E-state index < -0.39 is 17.5 Å². The first kappa shape index (κ1) is 30.8. The number of rotatable bonds is 13. The number of unbranched alkanes of at least 4 members (excludes halogenated alkanes) is 2. The first-order valence-corrected chi connectivity index (χ1v) is 19.0. The van der Waals surface area contributed by atoms with Gasteiger partial charge in [-0.05, 0) is 12.0 Å². The summed E-state index contributed by atoms with van der Waals surface area (Å²) < 4.78 is 39.6. The van der Waals surface area contributed by atoms with Crippen molar-refractivity contribution in [2.75, 3.05) is 50.3 Å². The van der Waals surface area contributed by atoms with Crippen molar-refractivity contribution in [3.63, 3.8) is 0 Å². The third-order valence-corrected chi connectivity index (χ3v) is 11.1. The molecule has 210 valence electrons. The molecule has 0 fully saturated rings. The van der Waals surface area contributed by atoms with E-state index in [4.69, 9.17) is 8.94 Å². The number of hydrogen-bond donors (Lipinski definition) is 1. The summed E-state index contributed by atoms with van der Waals surface area (Å²) in [5.41, 5.74) is 2.55. The first-order chi connectivity index (χ1) is 17.9. The summed E-state index contributed by atoms with van der Waals surface area (Å²) in [4.78, 5) is 17.5. The number of hydrogen-bond acceptors (Lipinski definition) is 6. The van der Waals surface area contributed by atoms with E-state index in [9.17, 15) is 13.2 Å². The van der Waals surface area contributed by atoms with Gasteiger partial charge in [0, 0.05) is 7.05 Å². The van der Waals surface area contributed by atoms with Gasteiger partial charge in [-0.15, -0.1) is 0 Å². The summed E-state index contributed by atoms with van der Waals surface area (Å²) in [6.45, 7) is 9.57. The number of carbonyl (C=O) groups is 1. The molecular formula is C27H39IN3O5PS. The van der Waals surface area contributed by atoms with Crippen LogP contribution in [0.2, 0.25) is 0 Å². The van der Waals surface area contributed by atoms with Crippen molar-refractivity contribution in [3.05, 3.63) is 45.0 Å². The fraction of sp³-hybridized carbons (Fsp3) is 0.481. The van der Waals surface area contributed by atoms with Crippen molar-refractivity contribution in [2.45, 2.75) is 39.5 Å². The number of nitrogens with zero attached hydrogens (tertiary/aromatic N) is 2. The van der Waals surface area contributed by atoms with Gasteiger partial charge in [-0.2, -0.15) is 0 Å². The molecule has 1 aromatic carbocycles. The zero-order valence-corrected chi connectivity index (χ0v) is 27.0. The maximum atomic E-state index is 12.9. The first-order valence-electron chi connectivity index (χ1n) is 13.0. The molecule has 0 unspecified atom stereocenters. The van der Waals surface area contributed by atoms with Gasteiger partial charge in [0.2, 0.25) is 0 Å². The average Bonchev–Trinajstić information content (AvgIpc) is 3.22. The quantitative estimate of drug-likeness (QED) is 0.137. The molecule has 0 aliphatic carbocycles. The van der Waals surface area contributed by atoms with E-state index in [2.05, 4.69) is 53.1 Å². The number of anilines is 1. The fourth-order valence-corrected chi connectivity index (χ4v) is 8.31. The summed E-state index contributed by atoms with van der Waals surface area (Å²) in [5, 5.41) is 3.24. The van der Waals surface area contributed by atoms with Gasteiger partial charge < -0.3 is 5.32 Å². The molecule has 2 aromatic heterocycles. The Balaban J connectivity index is 1.95. The van der Waals surface area contributed by atoms with Crippen LogP contribution in [0.25, 0.3) is 22.4 Å². The van der Waals surface area contributed by atoms with Crippen LogP contribution < -0.4 is 9.62 Å². The van der Waals surface area contributed by atoms with Crippen molar-refractivity contribution in [3.8, 4) is 11.3 Å². The van der Waals surface area contributed by atoms with Gasteiger partial charge in [-0.1, -0.05) is 31.2 Å². The van der Waals surface area contributed by atoms with Crippen LogP contribution >= 0.6 is 30.1 Å². The van der Waals surface area contributed by atoms with Gasteiger partial charge in [0.25, 0.3) is 0 Å². The number of furan rings is 1. The number of aryl methyl sites for hydroxylation is 1. The Labute approximate surface area is 240 Å². The van der Waals surface area contributed by atoms with E-state index in [0.717, 1.165) is 37.6 Å². The molecule has 8 nitrogen and oxygen atoms in total. The number of pyridine rings is 1. The Morgan fingerprint density at radius 3 is 2.42 bits per heavy atom. The summed E-state index contributed by atoms with van der Waals surface area (Å²) in [5.74, 6) is 0.436. The zero-order valence-electron chi connectivity index (χ0n) is 23.1. The minimum absolute atomic E-state index is 0.228. The van der Waals surface area contributed by atoms with Crippen LogP contribution in [0.3, 0.4) is 0 Å². The van der Waals surface area contributed by atoms with Gasteiger partial charge in [0.15, 0.2) is 0 Å². The van der Waals surface area contributed by atoms with E-state index in [1.165, 1.54) is 16.1 Å². The van der Waals surface area contributed by atoms with Crippen molar-refractivity contribution in [1.82, 2.24) is 10.3 Å². The molecule has 0 saturated heterocycles. The molecule has 0 spiro atoms. The monoisotopic (exact) mass is 675 g/mol. The molecule has 1 N–H and O–H groups in total. The SMILES string of the molecule is CCO[PH](C)(C)CCCCCN(c1nc2oc(-c3ccc(CC)cc3)c(C(=O)NC)c2cc1I)S(C)(=O)=O. The predicted molar refractivity (Wildman–Crippen MR) is 168 cm³/mol. The van der Waals surface area contributed by atoms with Gasteiger partial charge in [0.05, 0.1) is 0 Å². The average molecular weight is 676 g/mol. The van der Waals surface area contributed by atoms with Crippen LogP contribution in [0.1, 0.15) is 49.0 Å². The predicted octanol–water partition coefficient (Wildman–Crippen LogP) is 5.92. The Bertz CT molecular complexity index is 1370. The minimum atomic E-state index is -3.59. The Morgan fingerprint density at radius 2 is 1.84 bits per heavy atom. The Hall–Kier alpha value is -1.75. The number of carbonyl (C=O) groups excluding carboxylic acids is 1. The third-order valence-electron chi connectivity index (χ3n) is 6.51. The molecule has 1 amide bonds. The molecule has 3 rings (SSSR count). The van der Waals surface area contributed by atoms with E-state index in [-0.39, 0.29) is 11.6 Å². The molecule has 0 aliphatic heterocycles. The van der Waals surface area contributed by atoms with Crippen LogP contribution in [-0.4, -0.2) is 65.3 Å². The second kappa shape index (κ2) is 13.1. The molecule has 0 aliphatic rings. The summed E-state index contributed by atoms with van der Waals surface area (Å²) >= 11 is 2.08. The normalized spacial score (nSPS) is 12.6. The molecule has 2 heterocycles. The summed E-state index contributed by atoms with van der Waals surface area (Å²) in [6.07, 6.45) is 5.73. The number of amides is 1. The van der Waals surface area contributed by atoms with Crippen LogP contribution in [0.5, 0.6) is 0 Å². The molecule has 0 saturated carbocycles. The second-order valence-corrected chi connectivity index (χ2v) is 17.3. The van der Waals surface area contributed by atoms with Gasteiger partial charge in [-0.25, -0.2) is 0 Å². The van der Waals surface area contributed by atoms with Crippen molar-refractivity contribution in [2.24, 2.45) is 0 Å². The number of fused-ring (bicyclic) bond motifs is 1. The van der Waals surface area contributed by atoms with Gasteiger partial charge in [-0.3, -0.25) is 4.79 Å². The summed E-state index contributed by atoms with van der Waals surface area (Å²) in [7, 11) is -3.68. The molecular weight excluding hydrogens is 636 g/mol. The molecule has 11 heteroatoms. The third kappa shape index (κ3) is 7.46. The van der Waals surface area contributed by atoms with E-state index >= 15 is 0 Å². The summed E-state index contributed by atoms with van der Waals surface area (Å²) in [6, 6.07) is 9.63. The Morgan fingerprint density at radius 1 is 1.16 bits per heavy atom. The van der Waals surface area contributed by atoms with Crippen LogP contribution in [-0.2, 0) is 21.0 Å². The maximum absolute atomic E-state index is 12.9. The van der Waals surface area contributed by atoms with Crippen LogP contribution in [0, 0.1) is 3.57 Å². The van der Waals surface area contributed by atoms with Crippen molar-refractivity contribution >= 4 is 62.9 Å².